The molecular weight excluding hydrogens is 224 g/mol. The Kier molecular flexibility index (Phi) is 3.36. The minimum absolute atomic E-state index is 0.753. The molecule has 0 amide bonds. The number of rotatable bonds is 4. The monoisotopic (exact) mass is 238 g/mol. The zero-order chi connectivity index (χ0) is 11.5. The highest BCUT2D eigenvalue weighted by molar-refractivity contribution is 6.35. The maximum absolute atomic E-state index is 6.14. The molecule has 2 aromatic rings. The van der Waals surface area contributed by atoms with E-state index < -0.39 is 0 Å². The summed E-state index contributed by atoms with van der Waals surface area (Å²) in [5.74, 6) is 0.829. The molecule has 1 aromatic heterocycles. The Morgan fingerprint density at radius 2 is 2.25 bits per heavy atom. The van der Waals surface area contributed by atoms with E-state index in [2.05, 4.69) is 16.4 Å². The van der Waals surface area contributed by atoms with Gasteiger partial charge in [0.15, 0.2) is 0 Å². The van der Waals surface area contributed by atoms with Crippen LogP contribution in [0.1, 0.15) is 5.69 Å². The van der Waals surface area contributed by atoms with Gasteiger partial charge >= 0.3 is 0 Å². The number of halogens is 1. The summed E-state index contributed by atoms with van der Waals surface area (Å²) in [6.45, 7) is 0.937. The summed E-state index contributed by atoms with van der Waals surface area (Å²) in [4.78, 5) is 3.34. The Bertz CT molecular complexity index is 493. The highest BCUT2D eigenvalue weighted by Gasteiger charge is 2.08. The fraction of sp³-hybridized carbons (Fsp3) is 0.333. The number of hydrogen-bond donors (Lipinski definition) is 2. The van der Waals surface area contributed by atoms with Gasteiger partial charge in [0, 0.05) is 17.6 Å². The molecule has 4 heteroatoms. The topological polar surface area (TPSA) is 37.0 Å². The van der Waals surface area contributed by atoms with Crippen LogP contribution < -0.4 is 10.1 Å². The summed E-state index contributed by atoms with van der Waals surface area (Å²) in [5.41, 5.74) is 2.14. The quantitative estimate of drug-likeness (QED) is 0.859. The van der Waals surface area contributed by atoms with Crippen molar-refractivity contribution in [3.8, 4) is 5.75 Å². The first-order valence-electron chi connectivity index (χ1n) is 5.25. The van der Waals surface area contributed by atoms with E-state index in [4.69, 9.17) is 16.3 Å². The molecule has 0 unspecified atom stereocenters. The van der Waals surface area contributed by atoms with Crippen molar-refractivity contribution in [2.75, 3.05) is 20.7 Å². The highest BCUT2D eigenvalue weighted by Crippen LogP contribution is 2.31. The van der Waals surface area contributed by atoms with E-state index in [0.717, 1.165) is 40.3 Å². The molecule has 2 N–H and O–H groups in total. The van der Waals surface area contributed by atoms with Gasteiger partial charge in [-0.2, -0.15) is 0 Å². The minimum Gasteiger partial charge on any atom is -0.495 e. The molecule has 1 heterocycles. The molecule has 16 heavy (non-hydrogen) atoms. The zero-order valence-electron chi connectivity index (χ0n) is 9.43. The van der Waals surface area contributed by atoms with E-state index in [1.165, 1.54) is 0 Å². The largest absolute Gasteiger partial charge is 0.495 e. The molecule has 86 valence electrons. The van der Waals surface area contributed by atoms with Gasteiger partial charge in [-0.15, -0.1) is 0 Å². The number of nitrogens with one attached hydrogen (secondary N) is 2. The molecule has 1 aromatic carbocycles. The van der Waals surface area contributed by atoms with Crippen LogP contribution >= 0.6 is 11.6 Å². The first kappa shape index (κ1) is 11.3. The molecule has 0 saturated carbocycles. The number of benzene rings is 1. The van der Waals surface area contributed by atoms with E-state index in [1.807, 2.05) is 19.2 Å². The third kappa shape index (κ3) is 2.01. The number of methoxy groups -OCH3 is 1. The second kappa shape index (κ2) is 4.76. The summed E-state index contributed by atoms with van der Waals surface area (Å²) < 4.78 is 5.29. The van der Waals surface area contributed by atoms with E-state index in [9.17, 15) is 0 Å². The average Bonchev–Trinajstić information content (AvgIpc) is 2.72. The van der Waals surface area contributed by atoms with Crippen LogP contribution in [0.2, 0.25) is 5.02 Å². The van der Waals surface area contributed by atoms with Crippen molar-refractivity contribution >= 4 is 22.5 Å². The lowest BCUT2D eigenvalue weighted by atomic mass is 10.2. The highest BCUT2D eigenvalue weighted by atomic mass is 35.5. The SMILES string of the molecule is CNCCc1cc2c(Cl)ccc(OC)c2[nH]1. The number of ether oxygens (including phenoxy) is 1. The molecule has 0 spiro atoms. The third-order valence-corrected chi connectivity index (χ3v) is 2.95. The average molecular weight is 239 g/mol. The Labute approximate surface area is 99.7 Å². The Hall–Kier alpha value is -1.19. The van der Waals surface area contributed by atoms with Crippen molar-refractivity contribution in [1.29, 1.82) is 0 Å². The second-order valence-corrected chi connectivity index (χ2v) is 4.09. The summed E-state index contributed by atoms with van der Waals surface area (Å²) in [6.07, 6.45) is 0.949. The van der Waals surface area contributed by atoms with Gasteiger partial charge in [0.05, 0.1) is 17.6 Å². The lowest BCUT2D eigenvalue weighted by Crippen LogP contribution is -2.10. The van der Waals surface area contributed by atoms with E-state index in [1.54, 1.807) is 7.11 Å². The summed E-state index contributed by atoms with van der Waals surface area (Å²) in [7, 11) is 3.60. The number of aromatic nitrogens is 1. The smallest absolute Gasteiger partial charge is 0.143 e. The van der Waals surface area contributed by atoms with Crippen LogP contribution in [0.25, 0.3) is 10.9 Å². The van der Waals surface area contributed by atoms with Crippen LogP contribution in [0.15, 0.2) is 18.2 Å². The molecule has 3 nitrogen and oxygen atoms in total. The summed E-state index contributed by atoms with van der Waals surface area (Å²) in [5, 5.41) is 4.89. The van der Waals surface area contributed by atoms with Gasteiger partial charge in [-0.3, -0.25) is 0 Å². The fourth-order valence-electron chi connectivity index (χ4n) is 1.78. The molecule has 0 saturated heterocycles. The number of aromatic amines is 1. The van der Waals surface area contributed by atoms with Gasteiger partial charge in [0.2, 0.25) is 0 Å². The lowest BCUT2D eigenvalue weighted by Gasteiger charge is -2.01. The van der Waals surface area contributed by atoms with Crippen molar-refractivity contribution in [3.05, 3.63) is 28.9 Å². The normalized spacial score (nSPS) is 10.9. The Balaban J connectivity index is 2.46. The van der Waals surface area contributed by atoms with Gasteiger partial charge in [0.1, 0.15) is 5.75 Å². The maximum Gasteiger partial charge on any atom is 0.143 e. The van der Waals surface area contributed by atoms with Crippen LogP contribution in [0.4, 0.5) is 0 Å². The molecule has 0 aliphatic rings. The van der Waals surface area contributed by atoms with Gasteiger partial charge < -0.3 is 15.0 Å². The molecule has 0 bridgehead atoms. The molecule has 2 rings (SSSR count). The lowest BCUT2D eigenvalue weighted by molar-refractivity contribution is 0.419. The van der Waals surface area contributed by atoms with Gasteiger partial charge in [-0.1, -0.05) is 11.6 Å². The molecular formula is C12H15ClN2O. The van der Waals surface area contributed by atoms with Crippen LogP contribution in [-0.4, -0.2) is 25.7 Å². The van der Waals surface area contributed by atoms with Crippen LogP contribution in [0.5, 0.6) is 5.75 Å². The summed E-state index contributed by atoms with van der Waals surface area (Å²) >= 11 is 6.14. The van der Waals surface area contributed by atoms with Crippen molar-refractivity contribution in [3.63, 3.8) is 0 Å². The maximum atomic E-state index is 6.14. The molecule has 0 radical (unpaired) electrons. The van der Waals surface area contributed by atoms with E-state index in [-0.39, 0.29) is 0 Å². The number of fused-ring (bicyclic) bond motifs is 1. The molecule has 0 aliphatic carbocycles. The number of hydrogen-bond acceptors (Lipinski definition) is 2. The molecule has 0 aliphatic heterocycles. The molecule has 0 fully saturated rings. The number of likely N-dealkylation sites (N-methyl/N-ethyl adjacent to an activating group) is 1. The standard InChI is InChI=1S/C12H15ClN2O/c1-14-6-5-8-7-9-10(13)3-4-11(16-2)12(9)15-8/h3-4,7,14-15H,5-6H2,1-2H3. The van der Waals surface area contributed by atoms with Crippen LogP contribution in [0, 0.1) is 0 Å². The molecule has 0 atom stereocenters. The van der Waals surface area contributed by atoms with Gasteiger partial charge in [-0.25, -0.2) is 0 Å². The van der Waals surface area contributed by atoms with Crippen molar-refractivity contribution in [2.24, 2.45) is 0 Å². The fourth-order valence-corrected chi connectivity index (χ4v) is 1.99. The first-order valence-corrected chi connectivity index (χ1v) is 5.62. The number of H-pyrrole nitrogens is 1. The zero-order valence-corrected chi connectivity index (χ0v) is 10.2. The first-order chi connectivity index (χ1) is 7.76. The van der Waals surface area contributed by atoms with Gasteiger partial charge in [-0.05, 0) is 31.7 Å². The minimum atomic E-state index is 0.753. The Morgan fingerprint density at radius 3 is 2.94 bits per heavy atom. The third-order valence-electron chi connectivity index (χ3n) is 2.62. The van der Waals surface area contributed by atoms with Gasteiger partial charge in [0.25, 0.3) is 0 Å². The van der Waals surface area contributed by atoms with E-state index >= 15 is 0 Å². The van der Waals surface area contributed by atoms with Crippen molar-refractivity contribution in [2.45, 2.75) is 6.42 Å². The predicted molar refractivity (Wildman–Crippen MR) is 67.5 cm³/mol. The van der Waals surface area contributed by atoms with Crippen LogP contribution in [0.3, 0.4) is 0 Å². The second-order valence-electron chi connectivity index (χ2n) is 3.69. The van der Waals surface area contributed by atoms with Crippen molar-refractivity contribution < 1.29 is 4.74 Å². The summed E-state index contributed by atoms with van der Waals surface area (Å²) in [6, 6.07) is 5.82. The predicted octanol–water partition coefficient (Wildman–Crippen LogP) is 2.59. The van der Waals surface area contributed by atoms with Crippen LogP contribution in [-0.2, 0) is 6.42 Å². The van der Waals surface area contributed by atoms with E-state index in [0.29, 0.717) is 0 Å². The Morgan fingerprint density at radius 1 is 1.44 bits per heavy atom. The van der Waals surface area contributed by atoms with Crippen molar-refractivity contribution in [1.82, 2.24) is 10.3 Å².